The Hall–Kier alpha value is -1.65. The first kappa shape index (κ1) is 11.8. The molecule has 0 aliphatic heterocycles. The van der Waals surface area contributed by atoms with Gasteiger partial charge in [-0.2, -0.15) is 5.10 Å². The Morgan fingerprint density at radius 3 is 2.65 bits per heavy atom. The van der Waals surface area contributed by atoms with E-state index in [4.69, 9.17) is 22.1 Å². The average molecular weight is 250 g/mol. The Balaban J connectivity index is 2.16. The first-order valence-corrected chi connectivity index (χ1v) is 5.53. The van der Waals surface area contributed by atoms with E-state index in [-0.39, 0.29) is 0 Å². The third-order valence-electron chi connectivity index (χ3n) is 2.26. The minimum atomic E-state index is 0.368. The largest absolute Gasteiger partial charge is 0.438 e. The molecule has 2 N–H and O–H groups in total. The summed E-state index contributed by atoms with van der Waals surface area (Å²) in [6.07, 6.45) is 0. The van der Waals surface area contributed by atoms with Crippen LogP contribution in [0.15, 0.2) is 30.3 Å². The van der Waals surface area contributed by atoms with Gasteiger partial charge in [-0.3, -0.25) is 0 Å². The van der Waals surface area contributed by atoms with E-state index in [2.05, 4.69) is 10.2 Å². The molecule has 0 atom stereocenters. The Morgan fingerprint density at radius 2 is 2.06 bits per heavy atom. The van der Waals surface area contributed by atoms with Gasteiger partial charge >= 0.3 is 0 Å². The van der Waals surface area contributed by atoms with Gasteiger partial charge in [0.2, 0.25) is 5.88 Å². The zero-order valence-electron chi connectivity index (χ0n) is 9.35. The van der Waals surface area contributed by atoms with Gasteiger partial charge in [-0.05, 0) is 36.8 Å². The van der Waals surface area contributed by atoms with Crippen LogP contribution in [0.2, 0.25) is 5.02 Å². The molecule has 0 unspecified atom stereocenters. The molecule has 2 rings (SSSR count). The van der Waals surface area contributed by atoms with E-state index < -0.39 is 0 Å². The van der Waals surface area contributed by atoms with Crippen LogP contribution in [-0.2, 0) is 6.54 Å². The molecule has 1 aromatic carbocycles. The molecule has 0 saturated heterocycles. The molecule has 88 valence electrons. The number of hydrogen-bond donors (Lipinski definition) is 1. The molecule has 0 aliphatic carbocycles. The lowest BCUT2D eigenvalue weighted by Crippen LogP contribution is -2.01. The molecule has 0 amide bonds. The van der Waals surface area contributed by atoms with E-state index in [1.54, 1.807) is 24.3 Å². The molecule has 4 nitrogen and oxygen atoms in total. The molecule has 0 saturated carbocycles. The summed E-state index contributed by atoms with van der Waals surface area (Å²) >= 11 is 5.93. The van der Waals surface area contributed by atoms with Gasteiger partial charge in [0, 0.05) is 17.6 Å². The molecule has 5 heteroatoms. The van der Waals surface area contributed by atoms with Gasteiger partial charge in [0.25, 0.3) is 0 Å². The summed E-state index contributed by atoms with van der Waals surface area (Å²) in [5.41, 5.74) is 7.11. The van der Waals surface area contributed by atoms with Gasteiger partial charge in [-0.25, -0.2) is 0 Å². The monoisotopic (exact) mass is 249 g/mol. The van der Waals surface area contributed by atoms with Crippen molar-refractivity contribution in [2.24, 2.45) is 5.73 Å². The van der Waals surface area contributed by atoms with E-state index in [1.165, 1.54) is 0 Å². The van der Waals surface area contributed by atoms with Gasteiger partial charge in [-0.15, -0.1) is 5.10 Å². The van der Waals surface area contributed by atoms with E-state index in [0.717, 1.165) is 11.3 Å². The molecule has 0 fully saturated rings. The van der Waals surface area contributed by atoms with Crippen LogP contribution in [0.4, 0.5) is 0 Å². The van der Waals surface area contributed by atoms with Crippen molar-refractivity contribution in [1.82, 2.24) is 10.2 Å². The van der Waals surface area contributed by atoms with E-state index in [1.807, 2.05) is 13.0 Å². The number of aryl methyl sites for hydroxylation is 1. The van der Waals surface area contributed by atoms with Crippen molar-refractivity contribution >= 4 is 11.6 Å². The fourth-order valence-electron chi connectivity index (χ4n) is 1.31. The molecule has 0 aliphatic rings. The van der Waals surface area contributed by atoms with Crippen LogP contribution in [0.3, 0.4) is 0 Å². The number of nitrogens with two attached hydrogens (primary N) is 1. The Labute approximate surface area is 104 Å². The third kappa shape index (κ3) is 2.93. The van der Waals surface area contributed by atoms with Crippen molar-refractivity contribution in [3.05, 3.63) is 46.6 Å². The molecule has 1 heterocycles. The summed E-state index contributed by atoms with van der Waals surface area (Å²) < 4.78 is 5.54. The van der Waals surface area contributed by atoms with Gasteiger partial charge in [0.05, 0.1) is 5.69 Å². The fourth-order valence-corrected chi connectivity index (χ4v) is 1.43. The number of ether oxygens (including phenoxy) is 1. The summed E-state index contributed by atoms with van der Waals surface area (Å²) in [5.74, 6) is 1.12. The minimum absolute atomic E-state index is 0.368. The van der Waals surface area contributed by atoms with Crippen LogP contribution >= 0.6 is 11.6 Å². The maximum Gasteiger partial charge on any atom is 0.238 e. The second-order valence-corrected chi connectivity index (χ2v) is 3.99. The lowest BCUT2D eigenvalue weighted by atomic mass is 10.2. The quantitative estimate of drug-likeness (QED) is 0.909. The van der Waals surface area contributed by atoms with Crippen molar-refractivity contribution in [3.63, 3.8) is 0 Å². The predicted octanol–water partition coefficient (Wildman–Crippen LogP) is 2.69. The van der Waals surface area contributed by atoms with E-state index >= 15 is 0 Å². The summed E-state index contributed by atoms with van der Waals surface area (Å²) in [6, 6.07) is 8.94. The van der Waals surface area contributed by atoms with Crippen molar-refractivity contribution in [1.29, 1.82) is 0 Å². The Morgan fingerprint density at radius 1 is 1.24 bits per heavy atom. The zero-order valence-corrected chi connectivity index (χ0v) is 10.1. The number of hydrogen-bond acceptors (Lipinski definition) is 4. The fraction of sp³-hybridized carbons (Fsp3) is 0.167. The number of benzene rings is 1. The highest BCUT2D eigenvalue weighted by Crippen LogP contribution is 2.24. The van der Waals surface area contributed by atoms with E-state index in [0.29, 0.717) is 23.2 Å². The molecular formula is C12H12ClN3O. The maximum atomic E-state index is 5.93. The highest BCUT2D eigenvalue weighted by molar-refractivity contribution is 6.31. The molecule has 0 spiro atoms. The summed E-state index contributed by atoms with van der Waals surface area (Å²) in [5, 5.41) is 8.53. The smallest absolute Gasteiger partial charge is 0.238 e. The third-order valence-corrected chi connectivity index (χ3v) is 2.68. The Kier molecular flexibility index (Phi) is 3.56. The lowest BCUT2D eigenvalue weighted by Gasteiger charge is -2.06. The summed E-state index contributed by atoms with van der Waals surface area (Å²) in [6.45, 7) is 2.28. The van der Waals surface area contributed by atoms with Crippen LogP contribution in [-0.4, -0.2) is 10.2 Å². The molecule has 1 aromatic heterocycles. The zero-order chi connectivity index (χ0) is 12.3. The topological polar surface area (TPSA) is 61.0 Å². The normalized spacial score (nSPS) is 10.3. The molecule has 0 radical (unpaired) electrons. The van der Waals surface area contributed by atoms with Crippen molar-refractivity contribution < 1.29 is 4.74 Å². The maximum absolute atomic E-state index is 5.93. The van der Waals surface area contributed by atoms with Gasteiger partial charge < -0.3 is 10.5 Å². The van der Waals surface area contributed by atoms with Crippen molar-refractivity contribution in [2.45, 2.75) is 13.5 Å². The predicted molar refractivity (Wildman–Crippen MR) is 66.2 cm³/mol. The van der Waals surface area contributed by atoms with Gasteiger partial charge in [0.1, 0.15) is 5.75 Å². The molecular weight excluding hydrogens is 238 g/mol. The second kappa shape index (κ2) is 5.12. The van der Waals surface area contributed by atoms with Crippen molar-refractivity contribution in [2.75, 3.05) is 0 Å². The summed E-state index contributed by atoms with van der Waals surface area (Å²) in [4.78, 5) is 0. The highest BCUT2D eigenvalue weighted by Gasteiger charge is 2.02. The molecule has 0 bridgehead atoms. The average Bonchev–Trinajstić information content (AvgIpc) is 2.35. The van der Waals surface area contributed by atoms with Crippen LogP contribution in [0.1, 0.15) is 11.3 Å². The van der Waals surface area contributed by atoms with Crippen LogP contribution in [0.5, 0.6) is 11.6 Å². The number of rotatable bonds is 3. The first-order chi connectivity index (χ1) is 8.19. The first-order valence-electron chi connectivity index (χ1n) is 5.15. The molecule has 17 heavy (non-hydrogen) atoms. The second-order valence-electron chi connectivity index (χ2n) is 3.58. The SMILES string of the molecule is Cc1cc(Oc2ccc(CN)nn2)ccc1Cl. The standard InChI is InChI=1S/C12H12ClN3O/c1-8-6-10(3-4-11(8)13)17-12-5-2-9(7-14)15-16-12/h2-6H,7,14H2,1H3. The lowest BCUT2D eigenvalue weighted by molar-refractivity contribution is 0.453. The van der Waals surface area contributed by atoms with Crippen LogP contribution < -0.4 is 10.5 Å². The van der Waals surface area contributed by atoms with Crippen LogP contribution in [0, 0.1) is 6.92 Å². The van der Waals surface area contributed by atoms with E-state index in [9.17, 15) is 0 Å². The van der Waals surface area contributed by atoms with Gasteiger partial charge in [0.15, 0.2) is 0 Å². The summed E-state index contributed by atoms with van der Waals surface area (Å²) in [7, 11) is 0. The van der Waals surface area contributed by atoms with Crippen LogP contribution in [0.25, 0.3) is 0 Å². The number of aromatic nitrogens is 2. The number of halogens is 1. The van der Waals surface area contributed by atoms with Gasteiger partial charge in [-0.1, -0.05) is 11.6 Å². The molecule has 2 aromatic rings. The van der Waals surface area contributed by atoms with Crippen molar-refractivity contribution in [3.8, 4) is 11.6 Å². The number of nitrogens with zero attached hydrogens (tertiary/aromatic N) is 2. The minimum Gasteiger partial charge on any atom is -0.438 e. The highest BCUT2D eigenvalue weighted by atomic mass is 35.5. The Bertz CT molecular complexity index is 514.